The zero-order valence-electron chi connectivity index (χ0n) is 11.2. The van der Waals surface area contributed by atoms with Crippen molar-refractivity contribution in [2.75, 3.05) is 20.2 Å². The van der Waals surface area contributed by atoms with E-state index < -0.39 is 10.0 Å². The molecule has 1 saturated heterocycles. The Hall–Kier alpha value is -0.340. The second-order valence-electron chi connectivity index (χ2n) is 4.76. The fourth-order valence-corrected chi connectivity index (χ4v) is 4.40. The van der Waals surface area contributed by atoms with Crippen molar-refractivity contribution in [1.82, 2.24) is 4.31 Å². The van der Waals surface area contributed by atoms with Crippen molar-refractivity contribution in [1.29, 1.82) is 0 Å². The third-order valence-electron chi connectivity index (χ3n) is 3.40. The Morgan fingerprint density at radius 2 is 2.05 bits per heavy atom. The summed E-state index contributed by atoms with van der Waals surface area (Å²) in [6, 6.07) is 4.64. The van der Waals surface area contributed by atoms with Crippen LogP contribution in [0.4, 0.5) is 0 Å². The van der Waals surface area contributed by atoms with Crippen LogP contribution in [0.1, 0.15) is 6.92 Å². The number of nitrogens with zero attached hydrogens (tertiary/aromatic N) is 1. The van der Waals surface area contributed by atoms with Gasteiger partial charge >= 0.3 is 0 Å². The third kappa shape index (κ3) is 3.28. The van der Waals surface area contributed by atoms with Crippen LogP contribution < -0.4 is 10.5 Å². The van der Waals surface area contributed by atoms with Crippen LogP contribution in [-0.4, -0.2) is 39.0 Å². The number of nitrogens with two attached hydrogens (primary N) is 1. The Morgan fingerprint density at radius 3 is 2.50 bits per heavy atom. The largest absolute Gasteiger partial charge is 0.496 e. The maximum Gasteiger partial charge on any atom is 0.243 e. The first kappa shape index (κ1) is 17.7. The van der Waals surface area contributed by atoms with E-state index in [2.05, 4.69) is 15.9 Å². The monoisotopic (exact) mass is 384 g/mol. The molecule has 0 spiro atoms. The molecule has 0 saturated carbocycles. The summed E-state index contributed by atoms with van der Waals surface area (Å²) in [5, 5.41) is 0. The number of hydrogen-bond donors (Lipinski definition) is 1. The summed E-state index contributed by atoms with van der Waals surface area (Å²) < 4.78 is 32.1. The standard InChI is InChI=1S/C12H17BrN2O3S.ClH/c1-8-6-15(7-11(8)14)19(16,17)9-3-4-12(18-2)10(13)5-9;/h3-5,8,11H,6-7,14H2,1-2H3;1H. The van der Waals surface area contributed by atoms with Gasteiger partial charge in [0.15, 0.2) is 0 Å². The molecule has 2 unspecified atom stereocenters. The van der Waals surface area contributed by atoms with E-state index in [4.69, 9.17) is 10.5 Å². The number of sulfonamides is 1. The first-order chi connectivity index (χ1) is 8.86. The molecule has 5 nitrogen and oxygen atoms in total. The van der Waals surface area contributed by atoms with Gasteiger partial charge in [-0.05, 0) is 40.0 Å². The van der Waals surface area contributed by atoms with E-state index in [9.17, 15) is 8.42 Å². The molecule has 1 heterocycles. The van der Waals surface area contributed by atoms with Crippen molar-refractivity contribution < 1.29 is 13.2 Å². The van der Waals surface area contributed by atoms with E-state index in [-0.39, 0.29) is 29.3 Å². The summed E-state index contributed by atoms with van der Waals surface area (Å²) >= 11 is 3.30. The molecule has 1 aliphatic rings. The first-order valence-corrected chi connectivity index (χ1v) is 8.19. The molecule has 2 atom stereocenters. The topological polar surface area (TPSA) is 72.6 Å². The zero-order chi connectivity index (χ0) is 14.2. The van der Waals surface area contributed by atoms with Gasteiger partial charge in [0.2, 0.25) is 10.0 Å². The molecule has 1 aromatic rings. The van der Waals surface area contributed by atoms with E-state index in [1.165, 1.54) is 11.4 Å². The summed E-state index contributed by atoms with van der Waals surface area (Å²) in [4.78, 5) is 0.251. The fraction of sp³-hybridized carbons (Fsp3) is 0.500. The van der Waals surface area contributed by atoms with Crippen molar-refractivity contribution in [3.8, 4) is 5.75 Å². The van der Waals surface area contributed by atoms with E-state index in [1.807, 2.05) is 6.92 Å². The molecule has 0 bridgehead atoms. The smallest absolute Gasteiger partial charge is 0.243 e. The van der Waals surface area contributed by atoms with Crippen LogP contribution in [0, 0.1) is 5.92 Å². The van der Waals surface area contributed by atoms with Crippen LogP contribution in [0.2, 0.25) is 0 Å². The number of benzene rings is 1. The molecule has 0 aliphatic carbocycles. The second kappa shape index (κ2) is 6.62. The van der Waals surface area contributed by atoms with E-state index >= 15 is 0 Å². The molecule has 8 heteroatoms. The van der Waals surface area contributed by atoms with Gasteiger partial charge in [-0.1, -0.05) is 6.92 Å². The molecule has 20 heavy (non-hydrogen) atoms. The molecule has 0 radical (unpaired) electrons. The van der Waals surface area contributed by atoms with Crippen LogP contribution in [0.3, 0.4) is 0 Å². The number of methoxy groups -OCH3 is 1. The fourth-order valence-electron chi connectivity index (χ4n) is 2.10. The minimum atomic E-state index is -3.48. The van der Waals surface area contributed by atoms with Crippen LogP contribution in [0.15, 0.2) is 27.6 Å². The molecule has 1 aromatic carbocycles. The Morgan fingerprint density at radius 1 is 1.40 bits per heavy atom. The highest BCUT2D eigenvalue weighted by atomic mass is 79.9. The van der Waals surface area contributed by atoms with Crippen molar-refractivity contribution >= 4 is 38.4 Å². The summed E-state index contributed by atoms with van der Waals surface area (Å²) in [6.07, 6.45) is 0. The average Bonchev–Trinajstić information content (AvgIpc) is 2.70. The highest BCUT2D eigenvalue weighted by Crippen LogP contribution is 2.30. The van der Waals surface area contributed by atoms with E-state index in [1.54, 1.807) is 18.2 Å². The SMILES string of the molecule is COc1ccc(S(=O)(=O)N2CC(C)C(N)C2)cc1Br.Cl. The third-order valence-corrected chi connectivity index (χ3v) is 5.85. The lowest BCUT2D eigenvalue weighted by atomic mass is 10.1. The van der Waals surface area contributed by atoms with Crippen molar-refractivity contribution in [2.24, 2.45) is 11.7 Å². The number of ether oxygens (including phenoxy) is 1. The Balaban J connectivity index is 0.00000200. The molecule has 0 aromatic heterocycles. The average molecular weight is 386 g/mol. The predicted molar refractivity (Wildman–Crippen MR) is 83.8 cm³/mol. The van der Waals surface area contributed by atoms with Crippen LogP contribution in [0.25, 0.3) is 0 Å². The highest BCUT2D eigenvalue weighted by Gasteiger charge is 2.35. The number of halogens is 2. The quantitative estimate of drug-likeness (QED) is 0.862. The lowest BCUT2D eigenvalue weighted by Crippen LogP contribution is -2.32. The van der Waals surface area contributed by atoms with Gasteiger partial charge < -0.3 is 10.5 Å². The summed E-state index contributed by atoms with van der Waals surface area (Å²) in [7, 11) is -1.95. The van der Waals surface area contributed by atoms with E-state index in [0.717, 1.165) is 0 Å². The number of rotatable bonds is 3. The van der Waals surface area contributed by atoms with Crippen LogP contribution >= 0.6 is 28.3 Å². The minimum absolute atomic E-state index is 0. The van der Waals surface area contributed by atoms with Crippen LogP contribution in [-0.2, 0) is 10.0 Å². The predicted octanol–water partition coefficient (Wildman–Crippen LogP) is 1.85. The lowest BCUT2D eigenvalue weighted by Gasteiger charge is -2.16. The van der Waals surface area contributed by atoms with E-state index in [0.29, 0.717) is 23.3 Å². The Labute approximate surface area is 134 Å². The number of hydrogen-bond acceptors (Lipinski definition) is 4. The molecule has 0 amide bonds. The zero-order valence-corrected chi connectivity index (χ0v) is 14.5. The molecule has 2 rings (SSSR count). The van der Waals surface area contributed by atoms with Gasteiger partial charge in [0.1, 0.15) is 5.75 Å². The summed E-state index contributed by atoms with van der Waals surface area (Å²) in [5.41, 5.74) is 5.88. The van der Waals surface area contributed by atoms with Crippen molar-refractivity contribution in [3.63, 3.8) is 0 Å². The Kier molecular flexibility index (Phi) is 5.86. The lowest BCUT2D eigenvalue weighted by molar-refractivity contribution is 0.411. The molecule has 2 N–H and O–H groups in total. The molecular weight excluding hydrogens is 368 g/mol. The van der Waals surface area contributed by atoms with Crippen molar-refractivity contribution in [2.45, 2.75) is 17.9 Å². The molecule has 114 valence electrons. The van der Waals surface area contributed by atoms with Crippen LogP contribution in [0.5, 0.6) is 5.75 Å². The van der Waals surface area contributed by atoms with Gasteiger partial charge in [-0.15, -0.1) is 12.4 Å². The molecule has 1 fully saturated rings. The van der Waals surface area contributed by atoms with Gasteiger partial charge in [0.25, 0.3) is 0 Å². The normalized spacial score (nSPS) is 23.4. The second-order valence-corrected chi connectivity index (χ2v) is 7.55. The van der Waals surface area contributed by atoms with Gasteiger partial charge in [-0.2, -0.15) is 4.31 Å². The Bertz CT molecular complexity index is 572. The summed E-state index contributed by atoms with van der Waals surface area (Å²) in [6.45, 7) is 2.80. The van der Waals surface area contributed by atoms with Gasteiger partial charge in [0, 0.05) is 19.1 Å². The van der Waals surface area contributed by atoms with Gasteiger partial charge in [-0.25, -0.2) is 8.42 Å². The maximum atomic E-state index is 12.5. The minimum Gasteiger partial charge on any atom is -0.496 e. The summed E-state index contributed by atoms with van der Waals surface area (Å²) in [5.74, 6) is 0.780. The highest BCUT2D eigenvalue weighted by molar-refractivity contribution is 9.10. The van der Waals surface area contributed by atoms with Gasteiger partial charge in [-0.3, -0.25) is 0 Å². The van der Waals surface area contributed by atoms with Crippen molar-refractivity contribution in [3.05, 3.63) is 22.7 Å². The maximum absolute atomic E-state index is 12.5. The molecule has 1 aliphatic heterocycles. The molecular formula is C12H18BrClN2O3S. The first-order valence-electron chi connectivity index (χ1n) is 5.95. The van der Waals surface area contributed by atoms with Gasteiger partial charge in [0.05, 0.1) is 16.5 Å².